The van der Waals surface area contributed by atoms with Gasteiger partial charge in [0, 0.05) is 48.3 Å². The van der Waals surface area contributed by atoms with Crippen LogP contribution in [0.5, 0.6) is 0 Å². The van der Waals surface area contributed by atoms with E-state index in [-0.39, 0.29) is 36.1 Å². The molecule has 3 saturated heterocycles. The molecule has 2 aromatic rings. The molecular weight excluding hydrogens is 642 g/mol. The highest BCUT2D eigenvalue weighted by Crippen LogP contribution is 2.41. The monoisotopic (exact) mass is 682 g/mol. The summed E-state index contributed by atoms with van der Waals surface area (Å²) in [5.41, 5.74) is -0.395. The number of piperazine rings is 1. The molecule has 0 aliphatic carbocycles. The zero-order valence-corrected chi connectivity index (χ0v) is 27.5. The summed E-state index contributed by atoms with van der Waals surface area (Å²) in [4.78, 5) is 26.1. The first-order chi connectivity index (χ1) is 21.7. The van der Waals surface area contributed by atoms with Crippen LogP contribution in [0.1, 0.15) is 63.0 Å². The van der Waals surface area contributed by atoms with Crippen LogP contribution in [0.3, 0.4) is 0 Å². The lowest BCUT2D eigenvalue weighted by Crippen LogP contribution is -2.57. The van der Waals surface area contributed by atoms with E-state index in [1.807, 2.05) is 13.8 Å². The van der Waals surface area contributed by atoms with Crippen molar-refractivity contribution in [3.8, 4) is 0 Å². The van der Waals surface area contributed by atoms with Gasteiger partial charge in [0.2, 0.25) is 15.9 Å². The van der Waals surface area contributed by atoms with Gasteiger partial charge in [-0.25, -0.2) is 22.0 Å². The Balaban J connectivity index is 1.44. The second-order valence-electron chi connectivity index (χ2n) is 13.1. The summed E-state index contributed by atoms with van der Waals surface area (Å²) in [7, 11) is -3.50. The number of fused-ring (bicyclic) bond motifs is 2. The zero-order valence-electron chi connectivity index (χ0n) is 25.9. The van der Waals surface area contributed by atoms with E-state index in [9.17, 15) is 23.1 Å². The first-order valence-electron chi connectivity index (χ1n) is 15.6. The number of nitrogens with zero attached hydrogens (tertiary/aromatic N) is 1. The van der Waals surface area contributed by atoms with Crippen molar-refractivity contribution < 1.29 is 36.6 Å². The van der Waals surface area contributed by atoms with Crippen molar-refractivity contribution in [2.24, 2.45) is 5.92 Å². The van der Waals surface area contributed by atoms with Crippen LogP contribution in [0.4, 0.5) is 19.3 Å². The molecule has 4 N–H and O–H groups in total. The predicted octanol–water partition coefficient (Wildman–Crippen LogP) is 4.88. The van der Waals surface area contributed by atoms with Crippen molar-refractivity contribution in [3.63, 3.8) is 0 Å². The number of amides is 2. The van der Waals surface area contributed by atoms with Gasteiger partial charge in [-0.05, 0) is 88.1 Å². The predicted molar refractivity (Wildman–Crippen MR) is 171 cm³/mol. The van der Waals surface area contributed by atoms with E-state index in [0.29, 0.717) is 49.5 Å². The fourth-order valence-corrected chi connectivity index (χ4v) is 9.12. The Morgan fingerprint density at radius 1 is 1.15 bits per heavy atom. The summed E-state index contributed by atoms with van der Waals surface area (Å²) < 4.78 is 64.0. The minimum Gasteiger partial charge on any atom is -0.465 e. The number of carbonyl (C=O) groups is 2. The van der Waals surface area contributed by atoms with Gasteiger partial charge in [0.1, 0.15) is 17.7 Å². The molecule has 3 fully saturated rings. The number of hydrogen-bond donors (Lipinski definition) is 4. The van der Waals surface area contributed by atoms with Crippen molar-refractivity contribution in [2.75, 3.05) is 30.8 Å². The second-order valence-corrected chi connectivity index (χ2v) is 15.5. The number of anilines is 1. The Morgan fingerprint density at radius 2 is 1.87 bits per heavy atom. The summed E-state index contributed by atoms with van der Waals surface area (Å²) in [6, 6.07) is 6.82. The minimum absolute atomic E-state index is 0.0361. The van der Waals surface area contributed by atoms with Gasteiger partial charge in [-0.1, -0.05) is 23.7 Å². The normalized spacial score (nSPS) is 26.7. The van der Waals surface area contributed by atoms with Gasteiger partial charge in [-0.3, -0.25) is 4.79 Å². The van der Waals surface area contributed by atoms with Gasteiger partial charge in [0.05, 0.1) is 17.0 Å². The van der Waals surface area contributed by atoms with Crippen LogP contribution < -0.4 is 16.0 Å². The molecule has 3 aliphatic rings. The minimum atomic E-state index is -3.50. The smallest absolute Gasteiger partial charge is 0.405 e. The molecule has 3 aliphatic heterocycles. The Hall–Kier alpha value is -2.84. The molecule has 14 heteroatoms. The molecule has 0 spiro atoms. The topological polar surface area (TPSA) is 137 Å². The highest BCUT2D eigenvalue weighted by molar-refractivity contribution is 7.89. The SMILES string of the molecule is CC1(C)C[C@@H]([C@H](c2ccc(Cl)cc2)[C@H](NC(=O)O)C(=O)Nc2c(F)ccc(F)c2CC[C@H]2CN[C@@H]3CCCS(=O)(=O)N2C3)CCO1. The van der Waals surface area contributed by atoms with E-state index < -0.39 is 62.9 Å². The average Bonchev–Trinajstić information content (AvgIpc) is 3.10. The quantitative estimate of drug-likeness (QED) is 0.296. The second kappa shape index (κ2) is 14.1. The highest BCUT2D eigenvalue weighted by atomic mass is 35.5. The van der Waals surface area contributed by atoms with Crippen LogP contribution in [0.25, 0.3) is 0 Å². The molecule has 1 unspecified atom stereocenters. The molecule has 0 aromatic heterocycles. The number of carboxylic acid groups (broad SMARTS) is 1. The van der Waals surface area contributed by atoms with Gasteiger partial charge in [-0.15, -0.1) is 0 Å². The zero-order chi connectivity index (χ0) is 33.2. The fourth-order valence-electron chi connectivity index (χ4n) is 7.19. The number of carbonyl (C=O) groups excluding carboxylic acids is 1. The van der Waals surface area contributed by atoms with E-state index >= 15 is 8.78 Å². The molecule has 3 heterocycles. The molecule has 10 nitrogen and oxygen atoms in total. The van der Waals surface area contributed by atoms with Crippen molar-refractivity contribution >= 4 is 39.3 Å². The molecule has 2 aromatic carbocycles. The third-order valence-corrected chi connectivity index (χ3v) is 11.6. The number of benzene rings is 2. The summed E-state index contributed by atoms with van der Waals surface area (Å²) in [6.07, 6.45) is 1.01. The number of nitrogens with one attached hydrogen (secondary N) is 3. The lowest BCUT2D eigenvalue weighted by Gasteiger charge is -2.41. The van der Waals surface area contributed by atoms with E-state index in [1.165, 1.54) is 4.31 Å². The van der Waals surface area contributed by atoms with Crippen LogP contribution in [0.2, 0.25) is 5.02 Å². The summed E-state index contributed by atoms with van der Waals surface area (Å²) in [5.74, 6) is -3.36. The van der Waals surface area contributed by atoms with Crippen molar-refractivity contribution in [3.05, 3.63) is 64.2 Å². The summed E-state index contributed by atoms with van der Waals surface area (Å²) in [6.45, 7) is 4.93. The largest absolute Gasteiger partial charge is 0.465 e. The summed E-state index contributed by atoms with van der Waals surface area (Å²) >= 11 is 6.14. The number of sulfonamides is 1. The first kappa shape index (κ1) is 34.5. The molecule has 46 heavy (non-hydrogen) atoms. The maximum Gasteiger partial charge on any atom is 0.405 e. The van der Waals surface area contributed by atoms with E-state index in [2.05, 4.69) is 16.0 Å². The number of ether oxygens (including phenoxy) is 1. The lowest BCUT2D eigenvalue weighted by atomic mass is 9.73. The molecule has 2 amide bonds. The van der Waals surface area contributed by atoms with Gasteiger partial charge in [0.15, 0.2) is 0 Å². The molecule has 5 rings (SSSR count). The Kier molecular flexibility index (Phi) is 10.6. The van der Waals surface area contributed by atoms with Gasteiger partial charge >= 0.3 is 6.09 Å². The van der Waals surface area contributed by atoms with E-state index in [4.69, 9.17) is 16.3 Å². The highest BCUT2D eigenvalue weighted by Gasteiger charge is 2.42. The third kappa shape index (κ3) is 7.99. The van der Waals surface area contributed by atoms with Crippen molar-refractivity contribution in [1.29, 1.82) is 0 Å². The molecule has 6 atom stereocenters. The number of hydrogen-bond acceptors (Lipinski definition) is 6. The van der Waals surface area contributed by atoms with Crippen molar-refractivity contribution in [2.45, 2.75) is 82.0 Å². The van der Waals surface area contributed by atoms with Crippen LogP contribution in [-0.4, -0.2) is 79.0 Å². The first-order valence-corrected chi connectivity index (χ1v) is 17.6. The Bertz CT molecular complexity index is 1540. The van der Waals surface area contributed by atoms with Crippen LogP contribution in [0, 0.1) is 17.6 Å². The van der Waals surface area contributed by atoms with E-state index in [1.54, 1.807) is 24.3 Å². The molecule has 0 saturated carbocycles. The molecule has 252 valence electrons. The fraction of sp³-hybridized carbons (Fsp3) is 0.562. The maximum absolute atomic E-state index is 15.4. The van der Waals surface area contributed by atoms with Crippen molar-refractivity contribution in [1.82, 2.24) is 14.9 Å². The Morgan fingerprint density at radius 3 is 2.57 bits per heavy atom. The van der Waals surface area contributed by atoms with Gasteiger partial charge in [0.25, 0.3) is 0 Å². The van der Waals surface area contributed by atoms with Gasteiger partial charge in [-0.2, -0.15) is 4.31 Å². The van der Waals surface area contributed by atoms with Gasteiger partial charge < -0.3 is 25.8 Å². The molecule has 0 radical (unpaired) electrons. The standard InChI is InChI=1S/C32H41ClF2N4O6S/c1-32(2)16-20(13-14-45-32)27(19-5-7-21(33)8-6-19)29(38-31(41)42)30(40)37-28-24(25(34)11-12-26(28)35)10-9-23-17-36-22-4-3-15-46(43,44)39(23)18-22/h5-8,11-12,20,22-23,27,29,36,38H,3-4,9-10,13-18H2,1-2H3,(H,37,40)(H,41,42)/t20-,22+,23-,27-,29-/m0/s1. The molecular formula is C32H41ClF2N4O6S. The Labute approximate surface area is 273 Å². The molecule has 2 bridgehead atoms. The number of halogens is 3. The summed E-state index contributed by atoms with van der Waals surface area (Å²) in [5, 5.41) is 18.5. The average molecular weight is 683 g/mol. The number of rotatable bonds is 9. The van der Waals surface area contributed by atoms with Crippen LogP contribution in [-0.2, 0) is 26.0 Å². The maximum atomic E-state index is 15.4. The van der Waals surface area contributed by atoms with E-state index in [0.717, 1.165) is 18.6 Å². The lowest BCUT2D eigenvalue weighted by molar-refractivity contribution is -0.120. The van der Waals surface area contributed by atoms with Crippen LogP contribution in [0.15, 0.2) is 36.4 Å². The third-order valence-electron chi connectivity index (χ3n) is 9.36. The van der Waals surface area contributed by atoms with Crippen LogP contribution >= 0.6 is 11.6 Å².